The highest BCUT2D eigenvalue weighted by atomic mass is 15.3. The zero-order valence-corrected chi connectivity index (χ0v) is 13.0. The number of piperidine rings is 1. The van der Waals surface area contributed by atoms with Crippen LogP contribution in [0.4, 0.5) is 0 Å². The van der Waals surface area contributed by atoms with Gasteiger partial charge < -0.3 is 10.2 Å². The number of rotatable bonds is 2. The van der Waals surface area contributed by atoms with Crippen molar-refractivity contribution in [1.82, 2.24) is 10.2 Å². The SMILES string of the molecule is Cc1ccccc1-c1ccccc1C1CCCC2=CNCN21. The number of allylic oxidation sites excluding steroid dienone is 1. The first-order chi connectivity index (χ1) is 10.8. The minimum Gasteiger partial charge on any atom is -0.372 e. The molecule has 22 heavy (non-hydrogen) atoms. The molecule has 0 aliphatic carbocycles. The molecule has 1 N–H and O–H groups in total. The Morgan fingerprint density at radius 3 is 2.64 bits per heavy atom. The van der Waals surface area contributed by atoms with E-state index >= 15 is 0 Å². The molecule has 0 amide bonds. The first-order valence-corrected chi connectivity index (χ1v) is 8.18. The Morgan fingerprint density at radius 1 is 1.00 bits per heavy atom. The Labute approximate surface area is 132 Å². The van der Waals surface area contributed by atoms with Gasteiger partial charge in [-0.25, -0.2) is 0 Å². The molecule has 112 valence electrons. The van der Waals surface area contributed by atoms with Crippen molar-refractivity contribution in [2.75, 3.05) is 6.67 Å². The monoisotopic (exact) mass is 290 g/mol. The highest BCUT2D eigenvalue weighted by molar-refractivity contribution is 5.71. The summed E-state index contributed by atoms with van der Waals surface area (Å²) in [6, 6.07) is 18.1. The number of nitrogens with zero attached hydrogens (tertiary/aromatic N) is 1. The lowest BCUT2D eigenvalue weighted by Gasteiger charge is -2.37. The summed E-state index contributed by atoms with van der Waals surface area (Å²) in [7, 11) is 0. The van der Waals surface area contributed by atoms with Crippen LogP contribution in [0.3, 0.4) is 0 Å². The van der Waals surface area contributed by atoms with Crippen LogP contribution < -0.4 is 5.32 Å². The van der Waals surface area contributed by atoms with E-state index < -0.39 is 0 Å². The van der Waals surface area contributed by atoms with Gasteiger partial charge in [0.1, 0.15) is 0 Å². The van der Waals surface area contributed by atoms with E-state index in [9.17, 15) is 0 Å². The number of hydrogen-bond acceptors (Lipinski definition) is 2. The van der Waals surface area contributed by atoms with E-state index in [4.69, 9.17) is 0 Å². The van der Waals surface area contributed by atoms with Crippen molar-refractivity contribution in [1.29, 1.82) is 0 Å². The molecule has 0 aromatic heterocycles. The van der Waals surface area contributed by atoms with E-state index in [1.54, 1.807) is 0 Å². The summed E-state index contributed by atoms with van der Waals surface area (Å²) in [6.45, 7) is 3.15. The predicted molar refractivity (Wildman–Crippen MR) is 91.1 cm³/mol. The molecule has 2 heteroatoms. The number of hydrogen-bond donors (Lipinski definition) is 1. The zero-order chi connectivity index (χ0) is 14.9. The molecule has 0 bridgehead atoms. The number of nitrogens with one attached hydrogen (secondary N) is 1. The minimum atomic E-state index is 0.491. The van der Waals surface area contributed by atoms with Crippen LogP contribution in [0.15, 0.2) is 60.4 Å². The van der Waals surface area contributed by atoms with Crippen LogP contribution in [-0.2, 0) is 0 Å². The fraction of sp³-hybridized carbons (Fsp3) is 0.300. The van der Waals surface area contributed by atoms with Gasteiger partial charge in [0.2, 0.25) is 0 Å². The lowest BCUT2D eigenvalue weighted by atomic mass is 9.87. The fourth-order valence-corrected chi connectivity index (χ4v) is 3.84. The van der Waals surface area contributed by atoms with Crippen LogP contribution in [0, 0.1) is 6.92 Å². The quantitative estimate of drug-likeness (QED) is 0.870. The van der Waals surface area contributed by atoms with E-state index in [0.717, 1.165) is 6.67 Å². The second kappa shape index (κ2) is 5.53. The lowest BCUT2D eigenvalue weighted by molar-refractivity contribution is 0.215. The van der Waals surface area contributed by atoms with Crippen molar-refractivity contribution in [2.45, 2.75) is 32.2 Å². The van der Waals surface area contributed by atoms with Crippen LogP contribution in [0.1, 0.15) is 36.4 Å². The van der Waals surface area contributed by atoms with Crippen LogP contribution in [0.25, 0.3) is 11.1 Å². The summed E-state index contributed by atoms with van der Waals surface area (Å²) in [5.41, 5.74) is 7.03. The van der Waals surface area contributed by atoms with Crippen molar-refractivity contribution in [3.8, 4) is 11.1 Å². The van der Waals surface area contributed by atoms with Gasteiger partial charge in [-0.15, -0.1) is 0 Å². The Kier molecular flexibility index (Phi) is 3.38. The Morgan fingerprint density at radius 2 is 1.77 bits per heavy atom. The summed E-state index contributed by atoms with van der Waals surface area (Å²) in [4.78, 5) is 2.54. The zero-order valence-electron chi connectivity index (χ0n) is 13.0. The molecule has 2 nitrogen and oxygen atoms in total. The van der Waals surface area contributed by atoms with Gasteiger partial charge in [0.25, 0.3) is 0 Å². The Bertz CT molecular complexity index is 717. The average molecular weight is 290 g/mol. The van der Waals surface area contributed by atoms with Crippen LogP contribution in [-0.4, -0.2) is 11.6 Å². The number of fused-ring (bicyclic) bond motifs is 1. The molecule has 2 heterocycles. The average Bonchev–Trinajstić information content (AvgIpc) is 3.04. The van der Waals surface area contributed by atoms with Gasteiger partial charge in [0, 0.05) is 11.9 Å². The van der Waals surface area contributed by atoms with Crippen molar-refractivity contribution < 1.29 is 0 Å². The van der Waals surface area contributed by atoms with Gasteiger partial charge in [-0.3, -0.25) is 0 Å². The fourth-order valence-electron chi connectivity index (χ4n) is 3.84. The van der Waals surface area contributed by atoms with Crippen LogP contribution in [0.5, 0.6) is 0 Å². The van der Waals surface area contributed by atoms with Crippen molar-refractivity contribution in [2.24, 2.45) is 0 Å². The molecule has 2 aromatic rings. The summed E-state index contributed by atoms with van der Waals surface area (Å²) < 4.78 is 0. The maximum Gasteiger partial charge on any atom is 0.0876 e. The Hall–Kier alpha value is -2.22. The van der Waals surface area contributed by atoms with Gasteiger partial charge in [0.15, 0.2) is 0 Å². The van der Waals surface area contributed by atoms with E-state index in [-0.39, 0.29) is 0 Å². The number of aryl methyl sites for hydroxylation is 1. The minimum absolute atomic E-state index is 0.491. The normalized spacial score (nSPS) is 20.3. The topological polar surface area (TPSA) is 15.3 Å². The van der Waals surface area contributed by atoms with E-state index in [1.807, 2.05) is 0 Å². The maximum atomic E-state index is 3.40. The van der Waals surface area contributed by atoms with Gasteiger partial charge >= 0.3 is 0 Å². The molecule has 1 saturated heterocycles. The van der Waals surface area contributed by atoms with Crippen LogP contribution >= 0.6 is 0 Å². The molecule has 0 spiro atoms. The molecule has 1 fully saturated rings. The van der Waals surface area contributed by atoms with Crippen molar-refractivity contribution in [3.63, 3.8) is 0 Å². The summed E-state index contributed by atoms with van der Waals surface area (Å²) in [5, 5.41) is 3.40. The standard InChI is InChI=1S/C20H22N2/c1-15-7-2-3-9-17(15)18-10-4-5-11-19(18)20-12-6-8-16-13-21-14-22(16)20/h2-5,7,9-11,13,20-21H,6,8,12,14H2,1H3. The summed E-state index contributed by atoms with van der Waals surface area (Å²) in [6.07, 6.45) is 5.91. The smallest absolute Gasteiger partial charge is 0.0876 e. The molecule has 2 aromatic carbocycles. The van der Waals surface area contributed by atoms with E-state index in [1.165, 1.54) is 47.2 Å². The third-order valence-electron chi connectivity index (χ3n) is 4.94. The highest BCUT2D eigenvalue weighted by Gasteiger charge is 2.30. The largest absolute Gasteiger partial charge is 0.372 e. The van der Waals surface area contributed by atoms with Gasteiger partial charge in [0.05, 0.1) is 12.7 Å². The first-order valence-electron chi connectivity index (χ1n) is 8.18. The molecule has 0 radical (unpaired) electrons. The first kappa shape index (κ1) is 13.4. The molecular weight excluding hydrogens is 268 g/mol. The van der Waals surface area contributed by atoms with Gasteiger partial charge in [-0.1, -0.05) is 48.5 Å². The molecule has 1 unspecified atom stereocenters. The summed E-state index contributed by atoms with van der Waals surface area (Å²) in [5.74, 6) is 0. The highest BCUT2D eigenvalue weighted by Crippen LogP contribution is 2.41. The molecule has 2 aliphatic heterocycles. The third kappa shape index (κ3) is 2.19. The molecular formula is C20H22N2. The van der Waals surface area contributed by atoms with E-state index in [2.05, 4.69) is 71.9 Å². The molecule has 4 rings (SSSR count). The second-order valence-electron chi connectivity index (χ2n) is 6.28. The third-order valence-corrected chi connectivity index (χ3v) is 4.94. The Balaban J connectivity index is 1.80. The second-order valence-corrected chi connectivity index (χ2v) is 6.28. The van der Waals surface area contributed by atoms with Crippen molar-refractivity contribution in [3.05, 3.63) is 71.6 Å². The van der Waals surface area contributed by atoms with E-state index in [0.29, 0.717) is 6.04 Å². The molecule has 1 atom stereocenters. The van der Waals surface area contributed by atoms with Crippen LogP contribution in [0.2, 0.25) is 0 Å². The molecule has 0 saturated carbocycles. The van der Waals surface area contributed by atoms with Gasteiger partial charge in [-0.05, 0) is 48.4 Å². The number of benzene rings is 2. The molecule has 2 aliphatic rings. The van der Waals surface area contributed by atoms with Gasteiger partial charge in [-0.2, -0.15) is 0 Å². The maximum absolute atomic E-state index is 3.40. The van der Waals surface area contributed by atoms with Crippen molar-refractivity contribution >= 4 is 0 Å². The summed E-state index contributed by atoms with van der Waals surface area (Å²) >= 11 is 0. The lowest BCUT2D eigenvalue weighted by Crippen LogP contribution is -2.32. The predicted octanol–water partition coefficient (Wildman–Crippen LogP) is 4.59.